The number of carbonyl (C=O) groups is 1. The van der Waals surface area contributed by atoms with E-state index in [1.54, 1.807) is 6.20 Å². The van der Waals surface area contributed by atoms with Crippen LogP contribution >= 0.6 is 0 Å². The normalized spacial score (nSPS) is 18.7. The van der Waals surface area contributed by atoms with Crippen LogP contribution in [0.25, 0.3) is 0 Å². The van der Waals surface area contributed by atoms with E-state index in [1.807, 2.05) is 13.0 Å². The number of hydrogen-bond donors (Lipinski definition) is 2. The fourth-order valence-corrected chi connectivity index (χ4v) is 3.15. The number of aromatic nitrogens is 2. The molecule has 1 amide bonds. The number of benzene rings is 1. The first-order valence-electron chi connectivity index (χ1n) is 8.27. The first kappa shape index (κ1) is 15.7. The molecule has 3 rings (SSSR count). The summed E-state index contributed by atoms with van der Waals surface area (Å²) >= 11 is 0. The summed E-state index contributed by atoms with van der Waals surface area (Å²) in [5.74, 6) is 0.796. The van der Waals surface area contributed by atoms with Gasteiger partial charge in [-0.15, -0.1) is 0 Å². The largest absolute Gasteiger partial charge is 0.349 e. The number of carbonyl (C=O) groups excluding carboxylic acids is 1. The van der Waals surface area contributed by atoms with Crippen LogP contribution in [-0.2, 0) is 6.54 Å². The van der Waals surface area contributed by atoms with E-state index in [-0.39, 0.29) is 5.91 Å². The third kappa shape index (κ3) is 4.42. The Bertz CT molecular complexity index is 637. The highest BCUT2D eigenvalue weighted by atomic mass is 16.2. The number of aromatic amines is 1. The predicted molar refractivity (Wildman–Crippen MR) is 90.1 cm³/mol. The van der Waals surface area contributed by atoms with Gasteiger partial charge >= 0.3 is 0 Å². The van der Waals surface area contributed by atoms with Crippen LogP contribution in [0.1, 0.15) is 34.7 Å². The van der Waals surface area contributed by atoms with Crippen molar-refractivity contribution in [1.82, 2.24) is 20.2 Å². The minimum absolute atomic E-state index is 0.113. The lowest BCUT2D eigenvalue weighted by Crippen LogP contribution is -2.40. The molecule has 23 heavy (non-hydrogen) atoms. The van der Waals surface area contributed by atoms with Crippen molar-refractivity contribution < 1.29 is 4.79 Å². The van der Waals surface area contributed by atoms with Gasteiger partial charge in [-0.05, 0) is 37.8 Å². The molecule has 0 bridgehead atoms. The maximum absolute atomic E-state index is 12.1. The highest BCUT2D eigenvalue weighted by Gasteiger charge is 2.21. The third-order valence-corrected chi connectivity index (χ3v) is 4.32. The average Bonchev–Trinajstić information content (AvgIpc) is 3.01. The molecule has 5 nitrogen and oxygen atoms in total. The Morgan fingerprint density at radius 3 is 2.96 bits per heavy atom. The molecule has 0 radical (unpaired) electrons. The zero-order chi connectivity index (χ0) is 16.1. The molecule has 0 aliphatic carbocycles. The summed E-state index contributed by atoms with van der Waals surface area (Å²) < 4.78 is 0. The maximum Gasteiger partial charge on any atom is 0.287 e. The molecule has 1 aromatic heterocycles. The molecule has 0 saturated carbocycles. The second-order valence-electron chi connectivity index (χ2n) is 6.35. The number of rotatable bonds is 5. The first-order chi connectivity index (χ1) is 11.2. The van der Waals surface area contributed by atoms with Crippen molar-refractivity contribution in [3.8, 4) is 0 Å². The minimum atomic E-state index is -0.113. The van der Waals surface area contributed by atoms with Crippen molar-refractivity contribution in [2.45, 2.75) is 26.3 Å². The molecule has 1 aliphatic heterocycles. The lowest BCUT2D eigenvalue weighted by Gasteiger charge is -2.32. The monoisotopic (exact) mass is 312 g/mol. The first-order valence-corrected chi connectivity index (χ1v) is 8.27. The second-order valence-corrected chi connectivity index (χ2v) is 6.35. The Hall–Kier alpha value is -2.14. The molecule has 2 heterocycles. The molecular formula is C18H24N4O. The van der Waals surface area contributed by atoms with Crippen molar-refractivity contribution in [3.05, 3.63) is 53.6 Å². The zero-order valence-corrected chi connectivity index (χ0v) is 13.6. The van der Waals surface area contributed by atoms with Crippen LogP contribution in [0.2, 0.25) is 0 Å². The lowest BCUT2D eigenvalue weighted by atomic mass is 9.97. The van der Waals surface area contributed by atoms with Gasteiger partial charge < -0.3 is 10.3 Å². The molecule has 2 aromatic rings. The number of H-pyrrole nitrogens is 1. The summed E-state index contributed by atoms with van der Waals surface area (Å²) in [6.07, 6.45) is 4.03. The molecule has 1 aliphatic rings. The summed E-state index contributed by atoms with van der Waals surface area (Å²) in [5.41, 5.74) is 2.25. The van der Waals surface area contributed by atoms with Crippen molar-refractivity contribution in [2.24, 2.45) is 5.92 Å². The van der Waals surface area contributed by atoms with Crippen LogP contribution in [0, 0.1) is 12.8 Å². The zero-order valence-electron chi connectivity index (χ0n) is 13.6. The van der Waals surface area contributed by atoms with Gasteiger partial charge in [0.1, 0.15) is 0 Å². The van der Waals surface area contributed by atoms with Gasteiger partial charge in [-0.3, -0.25) is 9.69 Å². The van der Waals surface area contributed by atoms with E-state index in [9.17, 15) is 4.79 Å². The van der Waals surface area contributed by atoms with E-state index in [1.165, 1.54) is 18.4 Å². The molecule has 1 fully saturated rings. The van der Waals surface area contributed by atoms with Gasteiger partial charge in [0.15, 0.2) is 5.82 Å². The number of piperidine rings is 1. The molecule has 1 saturated heterocycles. The Morgan fingerprint density at radius 1 is 1.39 bits per heavy atom. The molecule has 2 N–H and O–H groups in total. The van der Waals surface area contributed by atoms with Gasteiger partial charge in [-0.2, -0.15) is 0 Å². The van der Waals surface area contributed by atoms with Crippen LogP contribution < -0.4 is 5.32 Å². The van der Waals surface area contributed by atoms with Crippen LogP contribution in [0.15, 0.2) is 36.5 Å². The summed E-state index contributed by atoms with van der Waals surface area (Å²) in [5, 5.41) is 3.01. The van der Waals surface area contributed by atoms with Crippen molar-refractivity contribution in [2.75, 3.05) is 19.6 Å². The van der Waals surface area contributed by atoms with Gasteiger partial charge in [0, 0.05) is 31.5 Å². The topological polar surface area (TPSA) is 61.0 Å². The van der Waals surface area contributed by atoms with Gasteiger partial charge in [0.2, 0.25) is 0 Å². The smallest absolute Gasteiger partial charge is 0.287 e. The third-order valence-electron chi connectivity index (χ3n) is 4.32. The molecule has 1 aromatic carbocycles. The fraction of sp³-hybridized carbons (Fsp3) is 0.444. The van der Waals surface area contributed by atoms with Gasteiger partial charge in [-0.1, -0.05) is 30.3 Å². The molecule has 1 atom stereocenters. The number of amides is 1. The van der Waals surface area contributed by atoms with Crippen LogP contribution in [0.4, 0.5) is 0 Å². The Labute approximate surface area is 137 Å². The Morgan fingerprint density at radius 2 is 2.22 bits per heavy atom. The summed E-state index contributed by atoms with van der Waals surface area (Å²) in [6.45, 7) is 5.77. The number of likely N-dealkylation sites (tertiary alicyclic amines) is 1. The van der Waals surface area contributed by atoms with Crippen molar-refractivity contribution in [3.63, 3.8) is 0 Å². The predicted octanol–water partition coefficient (Wildman–Crippen LogP) is 2.36. The summed E-state index contributed by atoms with van der Waals surface area (Å²) in [7, 11) is 0. The molecule has 0 unspecified atom stereocenters. The van der Waals surface area contributed by atoms with E-state index in [4.69, 9.17) is 0 Å². The standard InChI is InChI=1S/C18H24N4O/c1-14-10-19-17(21-14)18(23)20-11-16-8-5-9-22(13-16)12-15-6-3-2-4-7-15/h2-4,6-7,10,16H,5,8-9,11-13H2,1H3,(H,19,21)(H,20,23)/t16-/m1/s1. The van der Waals surface area contributed by atoms with E-state index < -0.39 is 0 Å². The van der Waals surface area contributed by atoms with Crippen LogP contribution in [0.3, 0.4) is 0 Å². The van der Waals surface area contributed by atoms with E-state index >= 15 is 0 Å². The lowest BCUT2D eigenvalue weighted by molar-refractivity contribution is 0.0921. The Balaban J connectivity index is 1.48. The SMILES string of the molecule is Cc1cnc(C(=O)NC[C@H]2CCCN(Cc3ccccc3)C2)[nH]1. The summed E-state index contributed by atoms with van der Waals surface area (Å²) in [6, 6.07) is 10.6. The average molecular weight is 312 g/mol. The fourth-order valence-electron chi connectivity index (χ4n) is 3.15. The number of nitrogens with one attached hydrogen (secondary N) is 2. The summed E-state index contributed by atoms with van der Waals surface area (Å²) in [4.78, 5) is 21.6. The molecular weight excluding hydrogens is 288 g/mol. The number of nitrogens with zero attached hydrogens (tertiary/aromatic N) is 2. The van der Waals surface area contributed by atoms with Crippen molar-refractivity contribution >= 4 is 5.91 Å². The van der Waals surface area contributed by atoms with Crippen LogP contribution in [0.5, 0.6) is 0 Å². The molecule has 122 valence electrons. The molecule has 5 heteroatoms. The molecule has 0 spiro atoms. The number of imidazole rings is 1. The van der Waals surface area contributed by atoms with E-state index in [0.717, 1.165) is 25.3 Å². The minimum Gasteiger partial charge on any atom is -0.349 e. The van der Waals surface area contributed by atoms with Gasteiger partial charge in [-0.25, -0.2) is 4.98 Å². The van der Waals surface area contributed by atoms with E-state index in [2.05, 4.69) is 44.5 Å². The van der Waals surface area contributed by atoms with Crippen LogP contribution in [-0.4, -0.2) is 40.4 Å². The highest BCUT2D eigenvalue weighted by Crippen LogP contribution is 2.18. The maximum atomic E-state index is 12.1. The van der Waals surface area contributed by atoms with Gasteiger partial charge in [0.25, 0.3) is 5.91 Å². The quantitative estimate of drug-likeness (QED) is 0.891. The highest BCUT2D eigenvalue weighted by molar-refractivity contribution is 5.90. The Kier molecular flexibility index (Phi) is 5.08. The van der Waals surface area contributed by atoms with Gasteiger partial charge in [0.05, 0.1) is 0 Å². The van der Waals surface area contributed by atoms with Crippen molar-refractivity contribution in [1.29, 1.82) is 0 Å². The number of hydrogen-bond acceptors (Lipinski definition) is 3. The number of aryl methyl sites for hydroxylation is 1. The second kappa shape index (κ2) is 7.42. The van der Waals surface area contributed by atoms with E-state index in [0.29, 0.717) is 18.3 Å².